The molecule has 8 nitrogen and oxygen atoms in total. The van der Waals surface area contributed by atoms with Crippen molar-refractivity contribution in [3.8, 4) is 0 Å². The fourth-order valence-corrected chi connectivity index (χ4v) is 7.42. The van der Waals surface area contributed by atoms with Crippen molar-refractivity contribution in [2.75, 3.05) is 31.6 Å². The Kier molecular flexibility index (Phi) is 7.76. The van der Waals surface area contributed by atoms with Crippen molar-refractivity contribution < 1.29 is 13.2 Å². The number of aromatic nitrogens is 1. The molecule has 0 atom stereocenters. The Bertz CT molecular complexity index is 1580. The van der Waals surface area contributed by atoms with Gasteiger partial charge in [0, 0.05) is 69.3 Å². The van der Waals surface area contributed by atoms with Crippen LogP contribution in [0.4, 0.5) is 5.69 Å². The van der Waals surface area contributed by atoms with E-state index in [0.29, 0.717) is 36.8 Å². The molecule has 1 aliphatic heterocycles. The van der Waals surface area contributed by atoms with Crippen LogP contribution in [-0.2, 0) is 22.0 Å². The van der Waals surface area contributed by atoms with Crippen LogP contribution in [0.15, 0.2) is 64.9 Å². The van der Waals surface area contributed by atoms with Gasteiger partial charge in [0.1, 0.15) is 4.21 Å². The van der Waals surface area contributed by atoms with Gasteiger partial charge in [-0.3, -0.25) is 4.79 Å². The number of fused-ring (bicyclic) bond motifs is 1. The molecule has 3 N–H and O–H groups in total. The van der Waals surface area contributed by atoms with Gasteiger partial charge in [0.05, 0.1) is 6.54 Å². The van der Waals surface area contributed by atoms with Crippen molar-refractivity contribution >= 4 is 55.5 Å². The average Bonchev–Trinajstić information content (AvgIpc) is 3.56. The highest BCUT2D eigenvalue weighted by Gasteiger charge is 2.30. The first-order valence-electron chi connectivity index (χ1n) is 12.8. The maximum Gasteiger partial charge on any atom is 0.252 e. The van der Waals surface area contributed by atoms with Crippen molar-refractivity contribution in [1.29, 1.82) is 0 Å². The van der Waals surface area contributed by atoms with Gasteiger partial charge >= 0.3 is 0 Å². The van der Waals surface area contributed by atoms with Gasteiger partial charge in [-0.2, -0.15) is 4.31 Å². The van der Waals surface area contributed by atoms with Crippen molar-refractivity contribution in [1.82, 2.24) is 19.6 Å². The number of hydrogen-bond donors (Lipinski definition) is 3. The Balaban J connectivity index is 1.16. The van der Waals surface area contributed by atoms with E-state index >= 15 is 0 Å². The van der Waals surface area contributed by atoms with Crippen LogP contribution >= 0.6 is 22.9 Å². The number of nitrogens with one attached hydrogen (secondary N) is 3. The number of amides is 1. The molecule has 1 fully saturated rings. The van der Waals surface area contributed by atoms with Crippen LogP contribution in [0.3, 0.4) is 0 Å². The molecule has 11 heteroatoms. The molecule has 0 radical (unpaired) electrons. The molecule has 0 aliphatic carbocycles. The van der Waals surface area contributed by atoms with Gasteiger partial charge in [0.25, 0.3) is 15.9 Å². The number of nitrogens with zero attached hydrogens (tertiary/aromatic N) is 2. The molecule has 0 spiro atoms. The number of H-pyrrole nitrogens is 1. The summed E-state index contributed by atoms with van der Waals surface area (Å²) < 4.78 is 28.4. The van der Waals surface area contributed by atoms with E-state index in [1.54, 1.807) is 36.4 Å². The Labute approximate surface area is 238 Å². The molecule has 2 aromatic heterocycles. The smallest absolute Gasteiger partial charge is 0.252 e. The normalized spacial score (nSPS) is 15.5. The Hall–Kier alpha value is -2.89. The summed E-state index contributed by atoms with van der Waals surface area (Å²) in [6.45, 7) is 8.70. The summed E-state index contributed by atoms with van der Waals surface area (Å²) in [5.41, 5.74) is 7.24. The molecule has 0 unspecified atom stereocenters. The molecular weight excluding hydrogens is 554 g/mol. The van der Waals surface area contributed by atoms with Crippen LogP contribution in [0.25, 0.3) is 10.9 Å². The molecule has 1 aliphatic rings. The van der Waals surface area contributed by atoms with Gasteiger partial charge < -0.3 is 15.7 Å². The van der Waals surface area contributed by atoms with E-state index in [0.717, 1.165) is 21.5 Å². The van der Waals surface area contributed by atoms with E-state index in [2.05, 4.69) is 59.7 Å². The maximum atomic E-state index is 13.3. The van der Waals surface area contributed by atoms with Crippen LogP contribution < -0.4 is 10.7 Å². The molecule has 5 rings (SSSR count). The van der Waals surface area contributed by atoms with Crippen LogP contribution in [-0.4, -0.2) is 54.8 Å². The Morgan fingerprint density at radius 2 is 1.72 bits per heavy atom. The first-order valence-corrected chi connectivity index (χ1v) is 15.4. The van der Waals surface area contributed by atoms with Gasteiger partial charge in [-0.05, 0) is 60.7 Å². The Morgan fingerprint density at radius 1 is 1.00 bits per heavy atom. The summed E-state index contributed by atoms with van der Waals surface area (Å²) in [6, 6.07) is 18.4. The second-order valence-corrected chi connectivity index (χ2v) is 14.4. The predicted molar refractivity (Wildman–Crippen MR) is 158 cm³/mol. The van der Waals surface area contributed by atoms with Crippen LogP contribution in [0, 0.1) is 0 Å². The standard InChI is InChI=1S/C28H32ClN5O3S2/c1-28(2,3)25-17-20-16-22(8-10-24(20)31-25)32-33-12-14-34(15-13-33)39(36,37)26-11-9-23(38-26)18-30-27(35)19-4-6-21(29)7-5-19/h4-11,16-17,31-32H,12-15,18H2,1-3H3,(H,30,35). The Morgan fingerprint density at radius 3 is 2.41 bits per heavy atom. The van der Waals surface area contributed by atoms with E-state index in [1.807, 2.05) is 6.07 Å². The number of carbonyl (C=O) groups excluding carboxylic acids is 1. The maximum absolute atomic E-state index is 13.3. The van der Waals surface area contributed by atoms with E-state index in [1.165, 1.54) is 21.3 Å². The number of hydrazine groups is 1. The largest absolute Gasteiger partial charge is 0.358 e. The van der Waals surface area contributed by atoms with Crippen LogP contribution in [0.1, 0.15) is 41.7 Å². The summed E-state index contributed by atoms with van der Waals surface area (Å²) in [5, 5.41) is 6.58. The summed E-state index contributed by atoms with van der Waals surface area (Å²) in [6.07, 6.45) is 0. The number of sulfonamides is 1. The summed E-state index contributed by atoms with van der Waals surface area (Å²) in [4.78, 5) is 16.6. The molecule has 4 aromatic rings. The second-order valence-electron chi connectivity index (χ2n) is 10.6. The zero-order valence-corrected chi connectivity index (χ0v) is 24.5. The van der Waals surface area contributed by atoms with Crippen molar-refractivity contribution in [2.45, 2.75) is 36.9 Å². The number of rotatable bonds is 7. The van der Waals surface area contributed by atoms with E-state index < -0.39 is 10.0 Å². The zero-order valence-electron chi connectivity index (χ0n) is 22.1. The van der Waals surface area contributed by atoms with Gasteiger partial charge in [-0.1, -0.05) is 32.4 Å². The molecule has 1 amide bonds. The van der Waals surface area contributed by atoms with Gasteiger partial charge in [0.2, 0.25) is 0 Å². The highest BCUT2D eigenvalue weighted by atomic mass is 35.5. The third-order valence-electron chi connectivity index (χ3n) is 6.72. The predicted octanol–water partition coefficient (Wildman–Crippen LogP) is 5.44. The zero-order chi connectivity index (χ0) is 27.8. The molecule has 0 saturated carbocycles. The molecule has 2 aromatic carbocycles. The number of anilines is 1. The highest BCUT2D eigenvalue weighted by molar-refractivity contribution is 7.91. The highest BCUT2D eigenvalue weighted by Crippen LogP contribution is 2.29. The summed E-state index contributed by atoms with van der Waals surface area (Å²) in [5.74, 6) is -0.238. The topological polar surface area (TPSA) is 97.5 Å². The fourth-order valence-electron chi connectivity index (χ4n) is 4.42. The minimum absolute atomic E-state index is 0.0447. The lowest BCUT2D eigenvalue weighted by atomic mass is 9.92. The molecule has 0 bridgehead atoms. The lowest BCUT2D eigenvalue weighted by molar-refractivity contribution is 0.0951. The SMILES string of the molecule is CC(C)(C)c1cc2cc(NN3CCN(S(=O)(=O)c4ccc(CNC(=O)c5ccc(Cl)cc5)s4)CC3)ccc2[nH]1. The third kappa shape index (κ3) is 6.31. The molecule has 39 heavy (non-hydrogen) atoms. The number of thiophene rings is 1. The lowest BCUT2D eigenvalue weighted by Crippen LogP contribution is -2.50. The minimum Gasteiger partial charge on any atom is -0.358 e. The fraction of sp³-hybridized carbons (Fsp3) is 0.321. The number of hydrogen-bond acceptors (Lipinski definition) is 6. The first-order chi connectivity index (χ1) is 18.5. The quantitative estimate of drug-likeness (QED) is 0.268. The number of aromatic amines is 1. The van der Waals surface area contributed by atoms with E-state index in [9.17, 15) is 13.2 Å². The van der Waals surface area contributed by atoms with Crippen molar-refractivity contribution in [3.05, 3.63) is 81.8 Å². The number of benzene rings is 2. The number of halogens is 1. The van der Waals surface area contributed by atoms with Crippen LogP contribution in [0.2, 0.25) is 5.02 Å². The molecule has 206 valence electrons. The first kappa shape index (κ1) is 27.7. The molecule has 1 saturated heterocycles. The summed E-state index contributed by atoms with van der Waals surface area (Å²) >= 11 is 7.06. The van der Waals surface area contributed by atoms with Crippen LogP contribution in [0.5, 0.6) is 0 Å². The monoisotopic (exact) mass is 585 g/mol. The number of carbonyl (C=O) groups is 1. The lowest BCUT2D eigenvalue weighted by Gasteiger charge is -2.34. The van der Waals surface area contributed by atoms with Crippen molar-refractivity contribution in [2.24, 2.45) is 0 Å². The summed E-state index contributed by atoms with van der Waals surface area (Å²) in [7, 11) is -3.61. The third-order valence-corrected chi connectivity index (χ3v) is 10.4. The van der Waals surface area contributed by atoms with Gasteiger partial charge in [0.15, 0.2) is 0 Å². The molecule has 3 heterocycles. The minimum atomic E-state index is -3.61. The second kappa shape index (κ2) is 10.9. The van der Waals surface area contributed by atoms with Crippen molar-refractivity contribution in [3.63, 3.8) is 0 Å². The van der Waals surface area contributed by atoms with Gasteiger partial charge in [-0.25, -0.2) is 13.4 Å². The molecular formula is C28H32ClN5O3S2. The average molecular weight is 586 g/mol. The van der Waals surface area contributed by atoms with E-state index in [4.69, 9.17) is 11.6 Å². The van der Waals surface area contributed by atoms with E-state index in [-0.39, 0.29) is 22.1 Å². The number of piperazine rings is 1. The van der Waals surface area contributed by atoms with Gasteiger partial charge in [-0.15, -0.1) is 11.3 Å².